The molecule has 4 nitrogen and oxygen atoms in total. The van der Waals surface area contributed by atoms with Crippen molar-refractivity contribution < 1.29 is 4.79 Å². The van der Waals surface area contributed by atoms with Crippen LogP contribution in [-0.4, -0.2) is 12.5 Å². The minimum absolute atomic E-state index is 0.117. The van der Waals surface area contributed by atoms with Crippen LogP contribution in [0.5, 0.6) is 0 Å². The number of carbonyl (C=O) groups is 1. The van der Waals surface area contributed by atoms with Gasteiger partial charge in [0.2, 0.25) is 5.91 Å². The van der Waals surface area contributed by atoms with Gasteiger partial charge in [0.1, 0.15) is 5.54 Å². The number of carbonyl (C=O) groups excluding carboxylic acids is 1. The van der Waals surface area contributed by atoms with Gasteiger partial charge in [0.25, 0.3) is 0 Å². The highest BCUT2D eigenvalue weighted by Crippen LogP contribution is 2.39. The Morgan fingerprint density at radius 3 is 2.15 bits per heavy atom. The molecule has 5 heteroatoms. The van der Waals surface area contributed by atoms with Crippen molar-refractivity contribution in [2.75, 3.05) is 6.54 Å². The van der Waals surface area contributed by atoms with Crippen molar-refractivity contribution in [1.82, 2.24) is 10.9 Å². The van der Waals surface area contributed by atoms with Gasteiger partial charge in [-0.25, -0.2) is 5.43 Å². The van der Waals surface area contributed by atoms with Crippen LogP contribution in [0.15, 0.2) is 78.9 Å². The van der Waals surface area contributed by atoms with E-state index in [1.807, 2.05) is 85.8 Å². The molecule has 0 aliphatic rings. The van der Waals surface area contributed by atoms with Gasteiger partial charge in [-0.3, -0.25) is 10.2 Å². The molecule has 27 heavy (non-hydrogen) atoms. The fraction of sp³-hybridized carbons (Fsp3) is 0.136. The highest BCUT2D eigenvalue weighted by molar-refractivity contribution is 6.31. The fourth-order valence-corrected chi connectivity index (χ4v) is 3.44. The first kappa shape index (κ1) is 19.1. The van der Waals surface area contributed by atoms with E-state index in [9.17, 15) is 4.79 Å². The molecule has 0 radical (unpaired) electrons. The molecule has 0 saturated heterocycles. The first-order valence-corrected chi connectivity index (χ1v) is 9.09. The Bertz CT molecular complexity index is 912. The maximum atomic E-state index is 12.0. The molecule has 0 bridgehead atoms. The molecule has 1 unspecified atom stereocenters. The van der Waals surface area contributed by atoms with Crippen molar-refractivity contribution in [3.63, 3.8) is 0 Å². The number of nitrogens with two attached hydrogens (primary N) is 1. The van der Waals surface area contributed by atoms with Crippen LogP contribution in [0.1, 0.15) is 22.3 Å². The average Bonchev–Trinajstić information content (AvgIpc) is 2.71. The summed E-state index contributed by atoms with van der Waals surface area (Å²) in [4.78, 5) is 12.0. The lowest BCUT2D eigenvalue weighted by Gasteiger charge is -2.37. The second-order valence-corrected chi connectivity index (χ2v) is 6.75. The summed E-state index contributed by atoms with van der Waals surface area (Å²) in [6.45, 7) is 1.92. The summed E-state index contributed by atoms with van der Waals surface area (Å²) < 4.78 is 0. The number of rotatable bonds is 6. The molecular weight excluding hydrogens is 358 g/mol. The van der Waals surface area contributed by atoms with Gasteiger partial charge >= 0.3 is 0 Å². The van der Waals surface area contributed by atoms with Crippen LogP contribution in [0, 0.1) is 6.92 Å². The molecule has 0 aliphatic heterocycles. The molecule has 3 rings (SSSR count). The molecule has 0 spiro atoms. The van der Waals surface area contributed by atoms with E-state index in [1.165, 1.54) is 0 Å². The topological polar surface area (TPSA) is 67.1 Å². The summed E-state index contributed by atoms with van der Waals surface area (Å²) in [5, 5.41) is 0.594. The highest BCUT2D eigenvalue weighted by atomic mass is 35.5. The number of benzene rings is 3. The number of hydrogen-bond acceptors (Lipinski definition) is 3. The van der Waals surface area contributed by atoms with Crippen LogP contribution < -0.4 is 16.6 Å². The Hall–Kier alpha value is -2.66. The molecule has 1 amide bonds. The Morgan fingerprint density at radius 2 is 1.52 bits per heavy atom. The van der Waals surface area contributed by atoms with Crippen molar-refractivity contribution in [3.05, 3.63) is 106 Å². The van der Waals surface area contributed by atoms with E-state index in [0.717, 1.165) is 22.3 Å². The van der Waals surface area contributed by atoms with Crippen molar-refractivity contribution >= 4 is 17.5 Å². The third-order valence-corrected chi connectivity index (χ3v) is 4.87. The first-order chi connectivity index (χ1) is 13.1. The Kier molecular flexibility index (Phi) is 5.91. The molecule has 0 fully saturated rings. The van der Waals surface area contributed by atoms with Gasteiger partial charge < -0.3 is 5.73 Å². The van der Waals surface area contributed by atoms with Gasteiger partial charge in [0, 0.05) is 10.6 Å². The molecule has 1 atom stereocenters. The van der Waals surface area contributed by atoms with E-state index in [2.05, 4.69) is 10.9 Å². The molecule has 4 N–H and O–H groups in total. The summed E-state index contributed by atoms with van der Waals surface area (Å²) in [7, 11) is 0. The zero-order chi connectivity index (χ0) is 19.3. The lowest BCUT2D eigenvalue weighted by Crippen LogP contribution is -2.54. The van der Waals surface area contributed by atoms with E-state index >= 15 is 0 Å². The normalized spacial score (nSPS) is 13.0. The molecule has 0 aliphatic carbocycles. The number of hydrogen-bond donors (Lipinski definition) is 3. The minimum atomic E-state index is -0.877. The quantitative estimate of drug-likeness (QED) is 0.453. The summed E-state index contributed by atoms with van der Waals surface area (Å²) in [5.74, 6) is -0.311. The largest absolute Gasteiger partial charge is 0.322 e. The predicted molar refractivity (Wildman–Crippen MR) is 109 cm³/mol. The Labute approximate surface area is 164 Å². The molecule has 0 saturated carbocycles. The maximum Gasteiger partial charge on any atom is 0.247 e. The number of halogens is 1. The van der Waals surface area contributed by atoms with Gasteiger partial charge in [-0.05, 0) is 24.1 Å². The second-order valence-electron chi connectivity index (χ2n) is 6.34. The van der Waals surface area contributed by atoms with Crippen molar-refractivity contribution in [3.8, 4) is 0 Å². The summed E-state index contributed by atoms with van der Waals surface area (Å²) >= 11 is 6.61. The third-order valence-electron chi connectivity index (χ3n) is 4.54. The average molecular weight is 380 g/mol. The smallest absolute Gasteiger partial charge is 0.247 e. The van der Waals surface area contributed by atoms with Gasteiger partial charge in [0.05, 0.1) is 6.54 Å². The number of nitrogens with one attached hydrogen (secondary N) is 2. The van der Waals surface area contributed by atoms with Gasteiger partial charge in [-0.2, -0.15) is 0 Å². The van der Waals surface area contributed by atoms with Crippen LogP contribution in [0.25, 0.3) is 0 Å². The van der Waals surface area contributed by atoms with E-state index in [-0.39, 0.29) is 12.5 Å². The third kappa shape index (κ3) is 3.88. The van der Waals surface area contributed by atoms with Crippen molar-refractivity contribution in [2.24, 2.45) is 5.73 Å². The van der Waals surface area contributed by atoms with Crippen LogP contribution in [0.4, 0.5) is 0 Å². The van der Waals surface area contributed by atoms with E-state index in [4.69, 9.17) is 17.3 Å². The monoisotopic (exact) mass is 379 g/mol. The molecule has 3 aromatic carbocycles. The number of hydrazine groups is 1. The number of amides is 1. The number of aryl methyl sites for hydroxylation is 1. The second kappa shape index (κ2) is 8.35. The summed E-state index contributed by atoms with van der Waals surface area (Å²) in [6, 6.07) is 25.6. The molecule has 0 aromatic heterocycles. The van der Waals surface area contributed by atoms with Crippen molar-refractivity contribution in [1.29, 1.82) is 0 Å². The molecule has 138 valence electrons. The van der Waals surface area contributed by atoms with Gasteiger partial charge in [-0.15, -0.1) is 0 Å². The van der Waals surface area contributed by atoms with Crippen LogP contribution in [-0.2, 0) is 10.3 Å². The highest BCUT2D eigenvalue weighted by Gasteiger charge is 2.38. The molecular formula is C22H22ClN3O. The Balaban J connectivity index is 2.28. The summed E-state index contributed by atoms with van der Waals surface area (Å²) in [5.41, 5.74) is 14.4. The lowest BCUT2D eigenvalue weighted by atomic mass is 9.77. The fourth-order valence-electron chi connectivity index (χ4n) is 3.16. The minimum Gasteiger partial charge on any atom is -0.322 e. The zero-order valence-electron chi connectivity index (χ0n) is 15.1. The van der Waals surface area contributed by atoms with E-state index in [0.29, 0.717) is 5.02 Å². The van der Waals surface area contributed by atoms with Gasteiger partial charge in [0.15, 0.2) is 0 Å². The maximum absolute atomic E-state index is 12.0. The van der Waals surface area contributed by atoms with Gasteiger partial charge in [-0.1, -0.05) is 90.0 Å². The lowest BCUT2D eigenvalue weighted by molar-refractivity contribution is -0.121. The standard InChI is InChI=1S/C22H22ClN3O/c1-16-11-13-18(14-12-16)22(26-25-21(27)15-24,17-7-3-2-4-8-17)19-9-5-6-10-20(19)23/h2-14,26H,15,24H2,1H3,(H,25,27). The van der Waals surface area contributed by atoms with Crippen LogP contribution >= 0.6 is 11.6 Å². The molecule has 0 heterocycles. The van der Waals surface area contributed by atoms with E-state index in [1.54, 1.807) is 0 Å². The van der Waals surface area contributed by atoms with Crippen LogP contribution in [0.3, 0.4) is 0 Å². The van der Waals surface area contributed by atoms with Crippen molar-refractivity contribution in [2.45, 2.75) is 12.5 Å². The first-order valence-electron chi connectivity index (χ1n) is 8.71. The Morgan fingerprint density at radius 1 is 0.926 bits per heavy atom. The zero-order valence-corrected chi connectivity index (χ0v) is 15.8. The van der Waals surface area contributed by atoms with E-state index < -0.39 is 5.54 Å². The summed E-state index contributed by atoms with van der Waals surface area (Å²) in [6.07, 6.45) is 0. The molecule has 3 aromatic rings. The SMILES string of the molecule is Cc1ccc(C(NNC(=O)CN)(c2ccccc2)c2ccccc2Cl)cc1. The predicted octanol–water partition coefficient (Wildman–Crippen LogP) is 3.52. The van der Waals surface area contributed by atoms with Crippen LogP contribution in [0.2, 0.25) is 5.02 Å².